The van der Waals surface area contributed by atoms with E-state index in [1.54, 1.807) is 54.9 Å². The number of para-hydroxylation sites is 1. The van der Waals surface area contributed by atoms with Crippen molar-refractivity contribution >= 4 is 23.2 Å². The predicted octanol–water partition coefficient (Wildman–Crippen LogP) is 5.20. The maximum absolute atomic E-state index is 13.2. The Balaban J connectivity index is 1.28. The van der Waals surface area contributed by atoms with Crippen LogP contribution in [-0.4, -0.2) is 23.6 Å². The molecule has 0 aliphatic carbocycles. The third-order valence-corrected chi connectivity index (χ3v) is 5.63. The molecule has 8 heteroatoms. The van der Waals surface area contributed by atoms with Crippen LogP contribution in [0.1, 0.15) is 31.8 Å². The number of aromatic nitrogens is 1. The smallest absolute Gasteiger partial charge is 0.257 e. The molecule has 3 aromatic carbocycles. The van der Waals surface area contributed by atoms with Gasteiger partial charge in [0.05, 0.1) is 11.3 Å². The van der Waals surface area contributed by atoms with Gasteiger partial charge in [0.1, 0.15) is 12.4 Å². The van der Waals surface area contributed by atoms with Crippen molar-refractivity contribution in [3.8, 4) is 17.2 Å². The van der Waals surface area contributed by atoms with Gasteiger partial charge >= 0.3 is 0 Å². The zero-order chi connectivity index (χ0) is 24.9. The summed E-state index contributed by atoms with van der Waals surface area (Å²) in [6.07, 6.45) is 3.09. The van der Waals surface area contributed by atoms with Crippen LogP contribution in [0.5, 0.6) is 17.2 Å². The van der Waals surface area contributed by atoms with Gasteiger partial charge in [-0.05, 0) is 60.5 Å². The summed E-state index contributed by atoms with van der Waals surface area (Å²) in [6, 6.07) is 21.3. The van der Waals surface area contributed by atoms with Crippen LogP contribution in [0.25, 0.3) is 0 Å². The van der Waals surface area contributed by atoms with Crippen LogP contribution in [0.15, 0.2) is 85.2 Å². The summed E-state index contributed by atoms with van der Waals surface area (Å²) in [5.41, 5.74) is 3.53. The monoisotopic (exact) mass is 481 g/mol. The van der Waals surface area contributed by atoms with Gasteiger partial charge in [0.2, 0.25) is 6.79 Å². The summed E-state index contributed by atoms with van der Waals surface area (Å²) < 4.78 is 16.6. The number of hydrogen-bond acceptors (Lipinski definition) is 6. The molecular formula is C28H23N3O5. The minimum Gasteiger partial charge on any atom is -0.489 e. The molecule has 0 saturated heterocycles. The van der Waals surface area contributed by atoms with Gasteiger partial charge in [0.25, 0.3) is 11.8 Å². The quantitative estimate of drug-likeness (QED) is 0.376. The first kappa shape index (κ1) is 22.9. The number of carbonyl (C=O) groups excluding carboxylic acids is 2. The molecule has 4 aromatic rings. The number of hydrogen-bond donors (Lipinski definition) is 2. The standard InChI is InChI=1S/C28H23N3O5/c1-18-4-2-7-23(26(18)31-27(32)20-10-12-29-13-11-20)28(33)30-21-6-3-5-19(14-21)16-34-22-8-9-24-25(15-22)36-17-35-24/h2-15H,16-17H2,1H3,(H,30,33)(H,31,32). The first-order chi connectivity index (χ1) is 17.6. The number of nitrogens with one attached hydrogen (secondary N) is 2. The lowest BCUT2D eigenvalue weighted by atomic mass is 10.1. The van der Waals surface area contributed by atoms with Gasteiger partial charge in [-0.25, -0.2) is 0 Å². The Bertz CT molecular complexity index is 1420. The normalized spacial score (nSPS) is 11.6. The first-order valence-corrected chi connectivity index (χ1v) is 11.3. The zero-order valence-electron chi connectivity index (χ0n) is 19.5. The van der Waals surface area contributed by atoms with Crippen molar-refractivity contribution in [3.63, 3.8) is 0 Å². The molecule has 0 radical (unpaired) electrons. The fourth-order valence-electron chi connectivity index (χ4n) is 3.78. The number of rotatable bonds is 7. The fraction of sp³-hybridized carbons (Fsp3) is 0.107. The van der Waals surface area contributed by atoms with E-state index >= 15 is 0 Å². The molecule has 0 saturated carbocycles. The molecule has 0 atom stereocenters. The number of ether oxygens (including phenoxy) is 3. The molecule has 0 fully saturated rings. The lowest BCUT2D eigenvalue weighted by Crippen LogP contribution is -2.19. The van der Waals surface area contributed by atoms with Crippen molar-refractivity contribution in [1.29, 1.82) is 0 Å². The van der Waals surface area contributed by atoms with Crippen molar-refractivity contribution in [2.75, 3.05) is 17.4 Å². The van der Waals surface area contributed by atoms with Crippen LogP contribution in [-0.2, 0) is 6.61 Å². The maximum atomic E-state index is 13.2. The zero-order valence-corrected chi connectivity index (χ0v) is 19.5. The van der Waals surface area contributed by atoms with E-state index in [9.17, 15) is 9.59 Å². The lowest BCUT2D eigenvalue weighted by Gasteiger charge is -2.15. The predicted molar refractivity (Wildman–Crippen MR) is 135 cm³/mol. The van der Waals surface area contributed by atoms with Gasteiger partial charge < -0.3 is 24.8 Å². The Morgan fingerprint density at radius 2 is 1.69 bits per heavy atom. The topological polar surface area (TPSA) is 98.8 Å². The van der Waals surface area contributed by atoms with Crippen LogP contribution in [0.4, 0.5) is 11.4 Å². The minimum atomic E-state index is -0.336. The van der Waals surface area contributed by atoms with Crippen LogP contribution in [0, 0.1) is 6.92 Å². The highest BCUT2D eigenvalue weighted by Gasteiger charge is 2.17. The summed E-state index contributed by atoms with van der Waals surface area (Å²) in [4.78, 5) is 29.8. The Morgan fingerprint density at radius 3 is 2.56 bits per heavy atom. The largest absolute Gasteiger partial charge is 0.489 e. The van der Waals surface area contributed by atoms with Gasteiger partial charge in [-0.3, -0.25) is 14.6 Å². The number of anilines is 2. The molecule has 8 nitrogen and oxygen atoms in total. The Morgan fingerprint density at radius 1 is 0.889 bits per heavy atom. The summed E-state index contributed by atoms with van der Waals surface area (Å²) in [7, 11) is 0. The van der Waals surface area contributed by atoms with Crippen molar-refractivity contribution < 1.29 is 23.8 Å². The third kappa shape index (κ3) is 5.12. The molecule has 0 bridgehead atoms. The van der Waals surface area contributed by atoms with Gasteiger partial charge in [0.15, 0.2) is 11.5 Å². The van der Waals surface area contributed by atoms with E-state index in [0.717, 1.165) is 11.1 Å². The molecule has 180 valence electrons. The van der Waals surface area contributed by atoms with Crippen LogP contribution in [0.3, 0.4) is 0 Å². The first-order valence-electron chi connectivity index (χ1n) is 11.3. The van der Waals surface area contributed by atoms with Crippen molar-refractivity contribution in [2.24, 2.45) is 0 Å². The SMILES string of the molecule is Cc1cccc(C(=O)Nc2cccc(COc3ccc4c(c3)OCO4)c2)c1NC(=O)c1ccncc1. The number of pyridine rings is 1. The molecule has 2 N–H and O–H groups in total. The average molecular weight is 482 g/mol. The number of aryl methyl sites for hydroxylation is 1. The number of carbonyl (C=O) groups is 2. The van der Waals surface area contributed by atoms with E-state index in [1.165, 1.54) is 0 Å². The summed E-state index contributed by atoms with van der Waals surface area (Å²) in [5, 5.41) is 5.78. The van der Waals surface area contributed by atoms with Crippen LogP contribution in [0.2, 0.25) is 0 Å². The molecule has 0 spiro atoms. The lowest BCUT2D eigenvalue weighted by molar-refractivity contribution is 0.102. The third-order valence-electron chi connectivity index (χ3n) is 5.63. The van der Waals surface area contributed by atoms with Crippen LogP contribution >= 0.6 is 0 Å². The highest BCUT2D eigenvalue weighted by Crippen LogP contribution is 2.35. The van der Waals surface area contributed by atoms with Crippen molar-refractivity contribution in [1.82, 2.24) is 4.98 Å². The summed E-state index contributed by atoms with van der Waals surface area (Å²) in [6.45, 7) is 2.35. The molecule has 1 aromatic heterocycles. The van der Waals surface area contributed by atoms with E-state index in [-0.39, 0.29) is 18.6 Å². The second-order valence-corrected chi connectivity index (χ2v) is 8.15. The molecule has 0 unspecified atom stereocenters. The van der Waals surface area contributed by atoms with Crippen molar-refractivity contribution in [2.45, 2.75) is 13.5 Å². The van der Waals surface area contributed by atoms with E-state index in [0.29, 0.717) is 46.4 Å². The number of nitrogens with zero attached hydrogens (tertiary/aromatic N) is 1. The van der Waals surface area contributed by atoms with Crippen molar-refractivity contribution in [3.05, 3.63) is 107 Å². The maximum Gasteiger partial charge on any atom is 0.257 e. The second-order valence-electron chi connectivity index (χ2n) is 8.15. The minimum absolute atomic E-state index is 0.205. The van der Waals surface area contributed by atoms with Gasteiger partial charge in [-0.15, -0.1) is 0 Å². The molecule has 1 aliphatic rings. The second kappa shape index (κ2) is 10.2. The Hall–Kier alpha value is -4.85. The van der Waals surface area contributed by atoms with E-state index < -0.39 is 0 Å². The molecule has 5 rings (SSSR count). The highest BCUT2D eigenvalue weighted by molar-refractivity contribution is 6.13. The number of amides is 2. The number of benzene rings is 3. The van der Waals surface area contributed by atoms with Crippen LogP contribution < -0.4 is 24.8 Å². The van der Waals surface area contributed by atoms with Gasteiger partial charge in [0, 0.05) is 29.7 Å². The summed E-state index contributed by atoms with van der Waals surface area (Å²) >= 11 is 0. The van der Waals surface area contributed by atoms with E-state index in [4.69, 9.17) is 14.2 Å². The van der Waals surface area contributed by atoms with Gasteiger partial charge in [-0.2, -0.15) is 0 Å². The van der Waals surface area contributed by atoms with E-state index in [2.05, 4.69) is 15.6 Å². The number of fused-ring (bicyclic) bond motifs is 1. The fourth-order valence-corrected chi connectivity index (χ4v) is 3.78. The Labute approximate surface area is 207 Å². The van der Waals surface area contributed by atoms with Gasteiger partial charge in [-0.1, -0.05) is 24.3 Å². The summed E-state index contributed by atoms with van der Waals surface area (Å²) in [5.74, 6) is 1.35. The average Bonchev–Trinajstić information content (AvgIpc) is 3.37. The Kier molecular flexibility index (Phi) is 6.48. The molecule has 1 aliphatic heterocycles. The molecule has 2 amide bonds. The van der Waals surface area contributed by atoms with E-state index in [1.807, 2.05) is 37.3 Å². The molecule has 2 heterocycles. The molecule has 36 heavy (non-hydrogen) atoms. The molecular weight excluding hydrogens is 458 g/mol. The highest BCUT2D eigenvalue weighted by atomic mass is 16.7.